The first-order chi connectivity index (χ1) is 10.0. The van der Waals surface area contributed by atoms with Crippen LogP contribution in [0.15, 0.2) is 0 Å². The van der Waals surface area contributed by atoms with Gasteiger partial charge < -0.3 is 20.2 Å². The normalized spacial score (nSPS) is 18.2. The molecule has 7 nitrogen and oxygen atoms in total. The molecule has 1 saturated heterocycles. The van der Waals surface area contributed by atoms with Gasteiger partial charge in [-0.25, -0.2) is 9.59 Å². The van der Waals surface area contributed by atoms with Crippen molar-refractivity contribution < 1.29 is 19.5 Å². The minimum Gasteiger partial charge on any atom is -0.480 e. The number of thioether (sulfide) groups is 1. The van der Waals surface area contributed by atoms with Crippen LogP contribution >= 0.6 is 11.8 Å². The van der Waals surface area contributed by atoms with Crippen LogP contribution < -0.4 is 5.32 Å². The maximum absolute atomic E-state index is 12.0. The van der Waals surface area contributed by atoms with Crippen LogP contribution in [0, 0.1) is 0 Å². The minimum absolute atomic E-state index is 0.00992. The molecule has 1 heterocycles. The van der Waals surface area contributed by atoms with Crippen molar-refractivity contribution in [3.8, 4) is 0 Å². The van der Waals surface area contributed by atoms with Crippen LogP contribution in [-0.2, 0) is 9.59 Å². The van der Waals surface area contributed by atoms with Gasteiger partial charge in [0.15, 0.2) is 0 Å². The average Bonchev–Trinajstić information content (AvgIpc) is 2.48. The van der Waals surface area contributed by atoms with Gasteiger partial charge >= 0.3 is 12.0 Å². The van der Waals surface area contributed by atoms with E-state index in [0.29, 0.717) is 25.4 Å². The van der Waals surface area contributed by atoms with Gasteiger partial charge in [0.1, 0.15) is 6.04 Å². The average molecular weight is 317 g/mol. The fraction of sp³-hybridized carbons (Fsp3) is 0.769. The van der Waals surface area contributed by atoms with Gasteiger partial charge in [-0.05, 0) is 13.8 Å². The van der Waals surface area contributed by atoms with Crippen LogP contribution in [0.4, 0.5) is 4.79 Å². The van der Waals surface area contributed by atoms with E-state index >= 15 is 0 Å². The second-order valence-corrected chi connectivity index (χ2v) is 5.82. The van der Waals surface area contributed by atoms with Crippen LogP contribution in [0.3, 0.4) is 0 Å². The predicted molar refractivity (Wildman–Crippen MR) is 81.4 cm³/mol. The first-order valence-corrected chi connectivity index (χ1v) is 8.29. The molecule has 0 saturated carbocycles. The Balaban J connectivity index is 2.42. The fourth-order valence-electron chi connectivity index (χ4n) is 2.16. The lowest BCUT2D eigenvalue weighted by atomic mass is 10.3. The molecular weight excluding hydrogens is 294 g/mol. The van der Waals surface area contributed by atoms with Gasteiger partial charge in [0.05, 0.1) is 0 Å². The van der Waals surface area contributed by atoms with E-state index in [4.69, 9.17) is 5.11 Å². The standard InChI is InChI=1S/C13H23N3O4S/c1-3-15(4-2)11(17)5-6-14-13(20)16-7-8-21-9-10(16)12(18)19/h10H,3-9H2,1-2H3,(H,14,20)(H,18,19). The number of hydrogen-bond donors (Lipinski definition) is 2. The van der Waals surface area contributed by atoms with Crippen LogP contribution in [0.1, 0.15) is 20.3 Å². The fourth-order valence-corrected chi connectivity index (χ4v) is 3.20. The molecule has 1 aliphatic heterocycles. The summed E-state index contributed by atoms with van der Waals surface area (Å²) < 4.78 is 0. The molecule has 3 amide bonds. The van der Waals surface area contributed by atoms with Gasteiger partial charge in [0.25, 0.3) is 0 Å². The molecule has 21 heavy (non-hydrogen) atoms. The largest absolute Gasteiger partial charge is 0.480 e. The minimum atomic E-state index is -0.989. The summed E-state index contributed by atoms with van der Waals surface area (Å²) in [6.45, 7) is 5.74. The van der Waals surface area contributed by atoms with E-state index in [0.717, 1.165) is 5.75 Å². The number of carboxylic acid groups (broad SMARTS) is 1. The van der Waals surface area contributed by atoms with E-state index in [2.05, 4.69) is 5.32 Å². The summed E-state index contributed by atoms with van der Waals surface area (Å²) in [4.78, 5) is 38.0. The van der Waals surface area contributed by atoms with Crippen LogP contribution in [0.2, 0.25) is 0 Å². The zero-order valence-electron chi connectivity index (χ0n) is 12.5. The van der Waals surface area contributed by atoms with Crippen molar-refractivity contribution in [3.63, 3.8) is 0 Å². The summed E-state index contributed by atoms with van der Waals surface area (Å²) in [6.07, 6.45) is 0.230. The van der Waals surface area contributed by atoms with Crippen LogP contribution in [0.5, 0.6) is 0 Å². The third-order valence-electron chi connectivity index (χ3n) is 3.41. The highest BCUT2D eigenvalue weighted by atomic mass is 32.2. The summed E-state index contributed by atoms with van der Waals surface area (Å²) in [7, 11) is 0. The Kier molecular flexibility index (Phi) is 7.35. The zero-order chi connectivity index (χ0) is 15.8. The lowest BCUT2D eigenvalue weighted by Gasteiger charge is -2.32. The number of carbonyl (C=O) groups is 3. The van der Waals surface area contributed by atoms with Gasteiger partial charge in [-0.1, -0.05) is 0 Å². The molecule has 0 bridgehead atoms. The number of carbonyl (C=O) groups excluding carboxylic acids is 2. The molecule has 0 aliphatic carbocycles. The lowest BCUT2D eigenvalue weighted by Crippen LogP contribution is -2.54. The van der Waals surface area contributed by atoms with Crippen molar-refractivity contribution in [2.45, 2.75) is 26.3 Å². The van der Waals surface area contributed by atoms with E-state index in [-0.39, 0.29) is 18.9 Å². The highest BCUT2D eigenvalue weighted by Gasteiger charge is 2.32. The monoisotopic (exact) mass is 317 g/mol. The van der Waals surface area contributed by atoms with Crippen molar-refractivity contribution in [1.29, 1.82) is 0 Å². The molecule has 1 unspecified atom stereocenters. The van der Waals surface area contributed by atoms with Crippen molar-refractivity contribution in [2.75, 3.05) is 37.7 Å². The molecule has 8 heteroatoms. The Labute approximate surface area is 129 Å². The van der Waals surface area contributed by atoms with Gasteiger partial charge in [-0.15, -0.1) is 0 Å². The number of aliphatic carboxylic acids is 1. The number of urea groups is 1. The molecule has 1 aliphatic rings. The third kappa shape index (κ3) is 5.11. The Bertz CT molecular complexity index is 388. The number of nitrogens with one attached hydrogen (secondary N) is 1. The molecule has 2 N–H and O–H groups in total. The van der Waals surface area contributed by atoms with Gasteiger partial charge in [-0.2, -0.15) is 11.8 Å². The molecule has 0 aromatic heterocycles. The van der Waals surface area contributed by atoms with Crippen molar-refractivity contribution in [2.24, 2.45) is 0 Å². The Morgan fingerprint density at radius 3 is 2.57 bits per heavy atom. The van der Waals surface area contributed by atoms with E-state index in [1.807, 2.05) is 13.8 Å². The highest BCUT2D eigenvalue weighted by Crippen LogP contribution is 2.16. The summed E-state index contributed by atoms with van der Waals surface area (Å²) in [5, 5.41) is 11.8. The summed E-state index contributed by atoms with van der Waals surface area (Å²) in [6, 6.07) is -1.20. The van der Waals surface area contributed by atoms with Crippen LogP contribution in [-0.4, -0.2) is 76.5 Å². The summed E-state index contributed by atoms with van der Waals surface area (Å²) in [5.74, 6) is 0.136. The summed E-state index contributed by atoms with van der Waals surface area (Å²) >= 11 is 1.53. The quantitative estimate of drug-likeness (QED) is 0.743. The second-order valence-electron chi connectivity index (χ2n) is 4.67. The van der Waals surface area contributed by atoms with Crippen LogP contribution in [0.25, 0.3) is 0 Å². The Morgan fingerprint density at radius 2 is 2.00 bits per heavy atom. The SMILES string of the molecule is CCN(CC)C(=O)CCNC(=O)N1CCSCC1C(=O)O. The molecule has 1 atom stereocenters. The topological polar surface area (TPSA) is 90.0 Å². The zero-order valence-corrected chi connectivity index (χ0v) is 13.3. The first-order valence-electron chi connectivity index (χ1n) is 7.14. The molecule has 0 spiro atoms. The predicted octanol–water partition coefficient (Wildman–Crippen LogP) is 0.457. The maximum atomic E-state index is 12.0. The molecule has 1 fully saturated rings. The molecule has 0 aromatic rings. The summed E-state index contributed by atoms with van der Waals surface area (Å²) in [5.41, 5.74) is 0. The molecule has 0 radical (unpaired) electrons. The number of amides is 3. The molecule has 0 aromatic carbocycles. The smallest absolute Gasteiger partial charge is 0.327 e. The third-order valence-corrected chi connectivity index (χ3v) is 4.43. The lowest BCUT2D eigenvalue weighted by molar-refractivity contribution is -0.141. The Hall–Kier alpha value is -1.44. The van der Waals surface area contributed by atoms with Gasteiger partial charge in [-0.3, -0.25) is 4.79 Å². The number of hydrogen-bond acceptors (Lipinski definition) is 4. The van der Waals surface area contributed by atoms with Crippen molar-refractivity contribution in [3.05, 3.63) is 0 Å². The van der Waals surface area contributed by atoms with E-state index in [9.17, 15) is 14.4 Å². The van der Waals surface area contributed by atoms with Crippen molar-refractivity contribution in [1.82, 2.24) is 15.1 Å². The number of rotatable bonds is 6. The van der Waals surface area contributed by atoms with E-state index in [1.165, 1.54) is 16.7 Å². The van der Waals surface area contributed by atoms with Gasteiger partial charge in [0, 0.05) is 44.1 Å². The molecule has 1 rings (SSSR count). The first kappa shape index (κ1) is 17.6. The number of carboxylic acids is 1. The van der Waals surface area contributed by atoms with E-state index in [1.54, 1.807) is 4.90 Å². The highest BCUT2D eigenvalue weighted by molar-refractivity contribution is 7.99. The maximum Gasteiger partial charge on any atom is 0.327 e. The number of nitrogens with zero attached hydrogens (tertiary/aromatic N) is 2. The molecular formula is C13H23N3O4S. The van der Waals surface area contributed by atoms with Crippen molar-refractivity contribution >= 4 is 29.7 Å². The second kappa shape index (κ2) is 8.76. The molecule has 120 valence electrons. The van der Waals surface area contributed by atoms with Gasteiger partial charge in [0.2, 0.25) is 5.91 Å². The Morgan fingerprint density at radius 1 is 1.33 bits per heavy atom. The van der Waals surface area contributed by atoms with E-state index < -0.39 is 18.0 Å².